The van der Waals surface area contributed by atoms with Gasteiger partial charge in [-0.3, -0.25) is 0 Å². The minimum atomic E-state index is 1.36. The van der Waals surface area contributed by atoms with Crippen LogP contribution in [0.2, 0.25) is 0 Å². The minimum Gasteiger partial charge on any atom is -0.0616 e. The van der Waals surface area contributed by atoms with Crippen molar-refractivity contribution in [2.75, 3.05) is 0 Å². The van der Waals surface area contributed by atoms with E-state index in [-0.39, 0.29) is 0 Å². The Bertz CT molecular complexity index is 2310. The zero-order valence-electron chi connectivity index (χ0n) is 19.2. The molecule has 0 N–H and O–H groups in total. The molecule has 0 saturated heterocycles. The van der Waals surface area contributed by atoms with Crippen molar-refractivity contribution in [2.24, 2.45) is 0 Å². The largest absolute Gasteiger partial charge is 0.0616 e. The maximum atomic E-state index is 2.46. The van der Waals surface area contributed by atoms with Gasteiger partial charge in [-0.15, -0.1) is 0 Å². The third-order valence-corrected chi connectivity index (χ3v) is 9.33. The van der Waals surface area contributed by atoms with E-state index in [1.165, 1.54) is 108 Å². The smallest absolute Gasteiger partial charge is 0.000137 e. The van der Waals surface area contributed by atoms with E-state index in [1.807, 2.05) is 0 Å². The predicted molar refractivity (Wildman–Crippen MR) is 157 cm³/mol. The van der Waals surface area contributed by atoms with Crippen LogP contribution < -0.4 is 0 Å². The summed E-state index contributed by atoms with van der Waals surface area (Å²) in [6.45, 7) is 0. The van der Waals surface area contributed by atoms with Crippen molar-refractivity contribution in [1.29, 1.82) is 0 Å². The van der Waals surface area contributed by atoms with E-state index in [9.17, 15) is 0 Å². The molecule has 0 aromatic heterocycles. The first-order chi connectivity index (χ1) is 17.9. The first kappa shape index (κ1) is 16.9. The van der Waals surface area contributed by atoms with Crippen LogP contribution in [-0.2, 0) is 0 Å². The van der Waals surface area contributed by atoms with Crippen molar-refractivity contribution >= 4 is 108 Å². The third-order valence-electron chi connectivity index (χ3n) is 9.33. The van der Waals surface area contributed by atoms with E-state index in [4.69, 9.17) is 0 Å². The fourth-order valence-corrected chi connectivity index (χ4v) is 8.07. The number of hydrogen-bond donors (Lipinski definition) is 0. The molecule has 0 heterocycles. The molecule has 0 saturated carbocycles. The summed E-state index contributed by atoms with van der Waals surface area (Å²) < 4.78 is 0. The number of fused-ring (bicyclic) bond motifs is 6. The summed E-state index contributed by atoms with van der Waals surface area (Å²) in [6.07, 6.45) is 0. The Hall–Kier alpha value is -4.68. The molecule has 160 valence electrons. The molecule has 0 bridgehead atoms. The molecule has 0 amide bonds. The second-order valence-electron chi connectivity index (χ2n) is 10.8. The SMILES string of the molecule is c1ccc2c(c1)c1cc3ccc4cc5c6ccccc6c6cc7ccc8cc2c1c1c3c4c(c56)c7c81. The highest BCUT2D eigenvalue weighted by Gasteiger charge is 2.26. The molecule has 11 aromatic carbocycles. The molecule has 0 spiro atoms. The van der Waals surface area contributed by atoms with Gasteiger partial charge in [-0.05, 0) is 132 Å². The molecular weight excluding hydrogens is 432 g/mol. The molecule has 0 aliphatic heterocycles. The first-order valence-electron chi connectivity index (χ1n) is 12.8. The van der Waals surface area contributed by atoms with Crippen molar-refractivity contribution in [3.8, 4) is 0 Å². The topological polar surface area (TPSA) is 0 Å². The van der Waals surface area contributed by atoms with E-state index in [0.717, 1.165) is 0 Å². The summed E-state index contributed by atoms with van der Waals surface area (Å²) in [5.74, 6) is 0. The van der Waals surface area contributed by atoms with Crippen LogP contribution in [0.25, 0.3) is 108 Å². The Morgan fingerprint density at radius 3 is 0.778 bits per heavy atom. The molecule has 0 atom stereocenters. The Labute approximate surface area is 204 Å². The maximum absolute atomic E-state index is 2.46. The summed E-state index contributed by atoms with van der Waals surface area (Å²) in [6, 6.07) is 37.2. The second kappa shape index (κ2) is 5.12. The van der Waals surface area contributed by atoms with Gasteiger partial charge in [0.2, 0.25) is 0 Å². The van der Waals surface area contributed by atoms with Gasteiger partial charge in [-0.2, -0.15) is 0 Å². The Kier molecular flexibility index (Phi) is 2.40. The number of rotatable bonds is 0. The summed E-state index contributed by atoms with van der Waals surface area (Å²) in [5, 5.41) is 28.1. The van der Waals surface area contributed by atoms with Crippen LogP contribution in [0.3, 0.4) is 0 Å². The molecule has 0 nitrogen and oxygen atoms in total. The lowest BCUT2D eigenvalue weighted by Crippen LogP contribution is -1.92. The van der Waals surface area contributed by atoms with E-state index in [2.05, 4.69) is 97.1 Å². The van der Waals surface area contributed by atoms with Crippen LogP contribution in [0.1, 0.15) is 0 Å². The summed E-state index contributed by atoms with van der Waals surface area (Å²) >= 11 is 0. The van der Waals surface area contributed by atoms with E-state index in [0.29, 0.717) is 0 Å². The van der Waals surface area contributed by atoms with Crippen molar-refractivity contribution in [2.45, 2.75) is 0 Å². The molecule has 0 heteroatoms. The molecule has 36 heavy (non-hydrogen) atoms. The molecular formula is C36H16. The van der Waals surface area contributed by atoms with Gasteiger partial charge in [0.1, 0.15) is 0 Å². The van der Waals surface area contributed by atoms with E-state index in [1.54, 1.807) is 0 Å². The molecule has 0 aliphatic carbocycles. The van der Waals surface area contributed by atoms with Gasteiger partial charge in [0.05, 0.1) is 0 Å². The second-order valence-corrected chi connectivity index (χ2v) is 10.8. The summed E-state index contributed by atoms with van der Waals surface area (Å²) in [4.78, 5) is 0. The van der Waals surface area contributed by atoms with Crippen LogP contribution in [0.4, 0.5) is 0 Å². The summed E-state index contributed by atoms with van der Waals surface area (Å²) in [5.41, 5.74) is 0. The Morgan fingerprint density at radius 1 is 0.222 bits per heavy atom. The Balaban J connectivity index is 1.62. The van der Waals surface area contributed by atoms with Crippen LogP contribution in [0.5, 0.6) is 0 Å². The first-order valence-corrected chi connectivity index (χ1v) is 12.8. The molecule has 0 aliphatic rings. The van der Waals surface area contributed by atoms with E-state index < -0.39 is 0 Å². The molecule has 0 fully saturated rings. The third kappa shape index (κ3) is 1.55. The fourth-order valence-electron chi connectivity index (χ4n) is 8.07. The highest BCUT2D eigenvalue weighted by molar-refractivity contribution is 6.53. The van der Waals surface area contributed by atoms with Crippen molar-refractivity contribution in [3.63, 3.8) is 0 Å². The van der Waals surface area contributed by atoms with Gasteiger partial charge in [0.25, 0.3) is 0 Å². The predicted octanol–water partition coefficient (Wildman–Crippen LogP) is 10.4. The van der Waals surface area contributed by atoms with Crippen LogP contribution in [0.15, 0.2) is 97.1 Å². The average molecular weight is 449 g/mol. The fraction of sp³-hybridized carbons (Fsp3) is 0. The number of benzene rings is 9. The lowest BCUT2D eigenvalue weighted by Gasteiger charge is -2.21. The quantitative estimate of drug-likeness (QED) is 0.160. The van der Waals surface area contributed by atoms with Gasteiger partial charge in [0.15, 0.2) is 0 Å². The summed E-state index contributed by atoms with van der Waals surface area (Å²) in [7, 11) is 0. The highest BCUT2D eigenvalue weighted by atomic mass is 14.3. The lowest BCUT2D eigenvalue weighted by molar-refractivity contribution is 1.85. The normalized spacial score (nSPS) is 13.6. The standard InChI is InChI=1S/C36H16/c1-2-6-22-21(5-1)25-13-17-9-10-19-15-27-23-7-3-4-8-24(23)28-16-20-12-11-18-14-26(22)33(25)35-29(17)31(19)36(34(27)28)32(20)30(18)35/h1-16H. The zero-order chi connectivity index (χ0) is 22.9. The van der Waals surface area contributed by atoms with Gasteiger partial charge in [0, 0.05) is 0 Å². The van der Waals surface area contributed by atoms with Crippen LogP contribution in [0, 0.1) is 0 Å². The van der Waals surface area contributed by atoms with Gasteiger partial charge in [-0.1, -0.05) is 72.8 Å². The monoisotopic (exact) mass is 448 g/mol. The minimum absolute atomic E-state index is 1.36. The van der Waals surface area contributed by atoms with Gasteiger partial charge in [-0.25, -0.2) is 0 Å². The van der Waals surface area contributed by atoms with Crippen molar-refractivity contribution < 1.29 is 0 Å². The number of hydrogen-bond acceptors (Lipinski definition) is 0. The van der Waals surface area contributed by atoms with Crippen LogP contribution >= 0.6 is 0 Å². The average Bonchev–Trinajstić information content (AvgIpc) is 3.42. The Morgan fingerprint density at radius 2 is 0.500 bits per heavy atom. The zero-order valence-corrected chi connectivity index (χ0v) is 19.2. The highest BCUT2D eigenvalue weighted by Crippen LogP contribution is 2.55. The van der Waals surface area contributed by atoms with Crippen molar-refractivity contribution in [3.05, 3.63) is 97.1 Å². The molecule has 11 aromatic rings. The molecule has 0 unspecified atom stereocenters. The van der Waals surface area contributed by atoms with Gasteiger partial charge < -0.3 is 0 Å². The van der Waals surface area contributed by atoms with E-state index >= 15 is 0 Å². The molecule has 0 radical (unpaired) electrons. The maximum Gasteiger partial charge on any atom is -0.000137 e. The van der Waals surface area contributed by atoms with Crippen molar-refractivity contribution in [1.82, 2.24) is 0 Å². The van der Waals surface area contributed by atoms with Crippen LogP contribution in [-0.4, -0.2) is 0 Å². The lowest BCUT2D eigenvalue weighted by atomic mass is 9.81. The van der Waals surface area contributed by atoms with Gasteiger partial charge >= 0.3 is 0 Å². The molecule has 11 rings (SSSR count).